The fourth-order valence-corrected chi connectivity index (χ4v) is 1.83. The van der Waals surface area contributed by atoms with E-state index in [9.17, 15) is 4.79 Å². The fourth-order valence-electron chi connectivity index (χ4n) is 1.12. The Hall–Kier alpha value is -0.630. The van der Waals surface area contributed by atoms with Gasteiger partial charge in [-0.15, -0.1) is 11.3 Å². The van der Waals surface area contributed by atoms with Crippen LogP contribution in [-0.4, -0.2) is 5.78 Å². The molecule has 1 rings (SSSR count). The van der Waals surface area contributed by atoms with Crippen LogP contribution in [0.5, 0.6) is 0 Å². The van der Waals surface area contributed by atoms with Crippen molar-refractivity contribution < 1.29 is 4.79 Å². The average molecular weight is 182 g/mol. The van der Waals surface area contributed by atoms with Gasteiger partial charge in [-0.3, -0.25) is 4.79 Å². The first-order valence-corrected chi connectivity index (χ1v) is 5.25. The number of carbonyl (C=O) groups excluding carboxylic acids is 1. The van der Waals surface area contributed by atoms with Crippen molar-refractivity contribution in [2.45, 2.75) is 32.6 Å². The second kappa shape index (κ2) is 5.09. The van der Waals surface area contributed by atoms with Crippen LogP contribution < -0.4 is 0 Å². The summed E-state index contributed by atoms with van der Waals surface area (Å²) in [5.41, 5.74) is 0. The molecule has 0 fully saturated rings. The molecule has 0 amide bonds. The third-order valence-electron chi connectivity index (χ3n) is 1.76. The Balaban J connectivity index is 2.22. The molecule has 0 spiro atoms. The summed E-state index contributed by atoms with van der Waals surface area (Å²) in [6.07, 6.45) is 3.36. The van der Waals surface area contributed by atoms with Crippen LogP contribution in [0.2, 0.25) is 0 Å². The van der Waals surface area contributed by atoms with E-state index in [2.05, 4.69) is 11.4 Å². The van der Waals surface area contributed by atoms with Crippen molar-refractivity contribution in [3.8, 4) is 0 Å². The maximum absolute atomic E-state index is 11.1. The van der Waals surface area contributed by atoms with Crippen molar-refractivity contribution >= 4 is 17.1 Å². The largest absolute Gasteiger partial charge is 0.300 e. The van der Waals surface area contributed by atoms with Gasteiger partial charge in [0.2, 0.25) is 0 Å². The highest BCUT2D eigenvalue weighted by molar-refractivity contribution is 7.09. The second-order valence-electron chi connectivity index (χ2n) is 2.87. The minimum Gasteiger partial charge on any atom is -0.300 e. The predicted molar refractivity (Wildman–Crippen MR) is 52.6 cm³/mol. The van der Waals surface area contributed by atoms with E-state index >= 15 is 0 Å². The van der Waals surface area contributed by atoms with E-state index in [1.165, 1.54) is 4.88 Å². The molecule has 1 aromatic rings. The summed E-state index contributed by atoms with van der Waals surface area (Å²) in [6.45, 7) is 2.04. The molecule has 1 aromatic heterocycles. The SMILES string of the molecule is CCCC(=O)CCc1cccs1. The summed E-state index contributed by atoms with van der Waals surface area (Å²) in [4.78, 5) is 12.5. The molecule has 1 nitrogen and oxygen atoms in total. The van der Waals surface area contributed by atoms with Crippen molar-refractivity contribution in [2.24, 2.45) is 0 Å². The number of rotatable bonds is 5. The Labute approximate surface area is 77.4 Å². The van der Waals surface area contributed by atoms with Gasteiger partial charge >= 0.3 is 0 Å². The highest BCUT2D eigenvalue weighted by Crippen LogP contribution is 2.11. The normalized spacial score (nSPS) is 10.1. The van der Waals surface area contributed by atoms with Gasteiger partial charge in [-0.1, -0.05) is 13.0 Å². The first kappa shape index (κ1) is 9.46. The standard InChI is InChI=1S/C10H14OS/c1-2-4-9(11)6-7-10-5-3-8-12-10/h3,5,8H,2,4,6-7H2,1H3. The zero-order valence-corrected chi connectivity index (χ0v) is 8.19. The van der Waals surface area contributed by atoms with E-state index in [-0.39, 0.29) is 0 Å². The van der Waals surface area contributed by atoms with Gasteiger partial charge in [0.05, 0.1) is 0 Å². The Morgan fingerprint density at radius 3 is 2.92 bits per heavy atom. The summed E-state index contributed by atoms with van der Waals surface area (Å²) in [5, 5.41) is 2.06. The molecule has 0 N–H and O–H groups in total. The molecule has 2 heteroatoms. The van der Waals surface area contributed by atoms with Crippen LogP contribution in [-0.2, 0) is 11.2 Å². The van der Waals surface area contributed by atoms with Crippen molar-refractivity contribution in [1.29, 1.82) is 0 Å². The van der Waals surface area contributed by atoms with Crippen molar-refractivity contribution in [1.82, 2.24) is 0 Å². The molecule has 1 heterocycles. The molecule has 0 radical (unpaired) electrons. The fraction of sp³-hybridized carbons (Fsp3) is 0.500. The summed E-state index contributed by atoms with van der Waals surface area (Å²) >= 11 is 1.73. The quantitative estimate of drug-likeness (QED) is 0.684. The van der Waals surface area contributed by atoms with Gasteiger partial charge in [0.15, 0.2) is 0 Å². The van der Waals surface area contributed by atoms with E-state index in [0.717, 1.165) is 19.3 Å². The Kier molecular flexibility index (Phi) is 4.01. The third-order valence-corrected chi connectivity index (χ3v) is 2.70. The molecule has 0 aliphatic heterocycles. The third kappa shape index (κ3) is 3.18. The number of thiophene rings is 1. The topological polar surface area (TPSA) is 17.1 Å². The van der Waals surface area contributed by atoms with Crippen LogP contribution in [0.25, 0.3) is 0 Å². The molecule has 0 saturated carbocycles. The summed E-state index contributed by atoms with van der Waals surface area (Å²) in [6, 6.07) is 4.12. The number of Topliss-reactive ketones (excluding diaryl/α,β-unsaturated/α-hetero) is 1. The summed E-state index contributed by atoms with van der Waals surface area (Å²) in [5.74, 6) is 0.394. The van der Waals surface area contributed by atoms with Gasteiger partial charge in [0.1, 0.15) is 5.78 Å². The van der Waals surface area contributed by atoms with Crippen LogP contribution in [0, 0.1) is 0 Å². The van der Waals surface area contributed by atoms with Crippen molar-refractivity contribution in [2.75, 3.05) is 0 Å². The first-order valence-electron chi connectivity index (χ1n) is 4.37. The second-order valence-corrected chi connectivity index (χ2v) is 3.90. The maximum Gasteiger partial charge on any atom is 0.133 e. The molecular formula is C10H14OS. The lowest BCUT2D eigenvalue weighted by atomic mass is 10.1. The zero-order chi connectivity index (χ0) is 8.81. The molecule has 0 saturated heterocycles. The van der Waals surface area contributed by atoms with E-state index in [1.807, 2.05) is 13.0 Å². The molecule has 12 heavy (non-hydrogen) atoms. The predicted octanol–water partition coefficient (Wildman–Crippen LogP) is 3.05. The van der Waals surface area contributed by atoms with E-state index in [0.29, 0.717) is 12.2 Å². The Morgan fingerprint density at radius 1 is 1.50 bits per heavy atom. The van der Waals surface area contributed by atoms with E-state index in [4.69, 9.17) is 0 Å². The zero-order valence-electron chi connectivity index (χ0n) is 7.38. The van der Waals surface area contributed by atoms with E-state index in [1.54, 1.807) is 11.3 Å². The lowest BCUT2D eigenvalue weighted by molar-refractivity contribution is -0.119. The molecule has 66 valence electrons. The first-order chi connectivity index (χ1) is 5.83. The molecule has 0 unspecified atom stereocenters. The lowest BCUT2D eigenvalue weighted by Crippen LogP contribution is -1.97. The number of hydrogen-bond acceptors (Lipinski definition) is 2. The van der Waals surface area contributed by atoms with E-state index < -0.39 is 0 Å². The number of carbonyl (C=O) groups is 1. The summed E-state index contributed by atoms with van der Waals surface area (Å²) < 4.78 is 0. The van der Waals surface area contributed by atoms with Gasteiger partial charge in [0.25, 0.3) is 0 Å². The molecule has 0 aliphatic rings. The minimum absolute atomic E-state index is 0.394. The summed E-state index contributed by atoms with van der Waals surface area (Å²) in [7, 11) is 0. The minimum atomic E-state index is 0.394. The van der Waals surface area contributed by atoms with Gasteiger partial charge in [-0.25, -0.2) is 0 Å². The van der Waals surface area contributed by atoms with Crippen LogP contribution in [0.4, 0.5) is 0 Å². The average Bonchev–Trinajstić information content (AvgIpc) is 2.53. The van der Waals surface area contributed by atoms with Crippen LogP contribution >= 0.6 is 11.3 Å². The highest BCUT2D eigenvalue weighted by Gasteiger charge is 2.01. The molecule has 0 aromatic carbocycles. The number of aryl methyl sites for hydroxylation is 1. The van der Waals surface area contributed by atoms with Gasteiger partial charge in [-0.05, 0) is 24.3 Å². The van der Waals surface area contributed by atoms with Crippen LogP contribution in [0.1, 0.15) is 31.1 Å². The van der Waals surface area contributed by atoms with Crippen molar-refractivity contribution in [3.63, 3.8) is 0 Å². The molecule has 0 aliphatic carbocycles. The lowest BCUT2D eigenvalue weighted by Gasteiger charge is -1.95. The Bertz CT molecular complexity index is 226. The van der Waals surface area contributed by atoms with Crippen LogP contribution in [0.3, 0.4) is 0 Å². The highest BCUT2D eigenvalue weighted by atomic mass is 32.1. The Morgan fingerprint density at radius 2 is 2.33 bits per heavy atom. The number of hydrogen-bond donors (Lipinski definition) is 0. The van der Waals surface area contributed by atoms with Crippen molar-refractivity contribution in [3.05, 3.63) is 22.4 Å². The smallest absolute Gasteiger partial charge is 0.133 e. The van der Waals surface area contributed by atoms with Gasteiger partial charge in [-0.2, -0.15) is 0 Å². The molecule has 0 bridgehead atoms. The monoisotopic (exact) mass is 182 g/mol. The van der Waals surface area contributed by atoms with Gasteiger partial charge < -0.3 is 0 Å². The van der Waals surface area contributed by atoms with Crippen LogP contribution in [0.15, 0.2) is 17.5 Å². The molecule has 0 atom stereocenters. The van der Waals surface area contributed by atoms with Gasteiger partial charge in [0, 0.05) is 17.7 Å². The maximum atomic E-state index is 11.1. The molecular weight excluding hydrogens is 168 g/mol. The number of ketones is 1.